The zero-order chi connectivity index (χ0) is 12.9. The van der Waals surface area contributed by atoms with E-state index < -0.39 is 17.8 Å². The number of allylic oxidation sites excluding steroid dienone is 4. The number of carbonyl (C=O) groups is 3. The van der Waals surface area contributed by atoms with Gasteiger partial charge in [0.15, 0.2) is 0 Å². The molecule has 1 aliphatic rings. The van der Waals surface area contributed by atoms with Gasteiger partial charge in [0.05, 0.1) is 0 Å². The van der Waals surface area contributed by atoms with Crippen molar-refractivity contribution in [2.24, 2.45) is 0 Å². The van der Waals surface area contributed by atoms with Gasteiger partial charge in [-0.15, -0.1) is 0 Å². The van der Waals surface area contributed by atoms with E-state index in [0.717, 1.165) is 11.1 Å². The van der Waals surface area contributed by atoms with Gasteiger partial charge in [0.2, 0.25) is 0 Å². The van der Waals surface area contributed by atoms with E-state index in [1.807, 2.05) is 13.0 Å². The van der Waals surface area contributed by atoms with Gasteiger partial charge in [0.1, 0.15) is 0 Å². The maximum absolute atomic E-state index is 10.5. The number of hydrogen-bond acceptors (Lipinski definition) is 6. The second kappa shape index (κ2) is 5.79. The molecule has 92 valence electrons. The summed E-state index contributed by atoms with van der Waals surface area (Å²) in [6, 6.07) is 0. The van der Waals surface area contributed by atoms with Crippen LogP contribution >= 0.6 is 0 Å². The molecular weight excluding hydrogens is 264 g/mol. The van der Waals surface area contributed by atoms with Crippen molar-refractivity contribution in [3.63, 3.8) is 0 Å². The average molecular weight is 276 g/mol. The van der Waals surface area contributed by atoms with E-state index in [4.69, 9.17) is 9.96 Å². The van der Waals surface area contributed by atoms with Gasteiger partial charge in [-0.05, 0) is 0 Å². The SMILES string of the molecule is CC1=CC[C]([Ti]([O]C=O)([O]C=O)[O]C=O)=C1C. The minimum atomic E-state index is -4.32. The molecule has 0 spiro atoms. The topological polar surface area (TPSA) is 78.9 Å². The fraction of sp³-hybridized carbons (Fsp3) is 0.300. The summed E-state index contributed by atoms with van der Waals surface area (Å²) in [5.74, 6) is 0. The van der Waals surface area contributed by atoms with Crippen molar-refractivity contribution in [1.82, 2.24) is 0 Å². The van der Waals surface area contributed by atoms with Crippen molar-refractivity contribution < 1.29 is 42.1 Å². The first-order valence-corrected chi connectivity index (χ1v) is 7.52. The van der Waals surface area contributed by atoms with Crippen molar-refractivity contribution >= 4 is 19.4 Å². The van der Waals surface area contributed by atoms with Crippen molar-refractivity contribution in [3.8, 4) is 0 Å². The molecule has 0 saturated carbocycles. The third kappa shape index (κ3) is 2.65. The Balaban J connectivity index is 3.17. The summed E-state index contributed by atoms with van der Waals surface area (Å²) in [5.41, 5.74) is 1.81. The molecule has 0 unspecified atom stereocenters. The van der Waals surface area contributed by atoms with Crippen molar-refractivity contribution in [2.75, 3.05) is 0 Å². The summed E-state index contributed by atoms with van der Waals surface area (Å²) in [7, 11) is 0. The van der Waals surface area contributed by atoms with E-state index in [1.165, 1.54) is 0 Å². The molecule has 1 aliphatic carbocycles. The van der Waals surface area contributed by atoms with E-state index in [0.29, 0.717) is 10.3 Å². The molecule has 0 N–H and O–H groups in total. The normalized spacial score (nSPS) is 15.1. The standard InChI is InChI=1S/C7H9.3CH2O2.Ti/c1-6-4-3-5-7(6)2;3*2-1-3;/h4H,3H2,1-2H3;3*1H,(H,2,3);/q;;;;+3/p-3. The first kappa shape index (κ1) is 13.7. The summed E-state index contributed by atoms with van der Waals surface area (Å²) in [5, 5.41) is 0. The van der Waals surface area contributed by atoms with Gasteiger partial charge in [-0.3, -0.25) is 0 Å². The third-order valence-corrected chi connectivity index (χ3v) is 6.60. The first-order valence-electron chi connectivity index (χ1n) is 4.83. The van der Waals surface area contributed by atoms with Crippen molar-refractivity contribution in [2.45, 2.75) is 20.3 Å². The predicted octanol–water partition coefficient (Wildman–Crippen LogP) is 1.03. The Morgan fingerprint density at radius 3 is 1.82 bits per heavy atom. The van der Waals surface area contributed by atoms with E-state index in [9.17, 15) is 14.4 Å². The fourth-order valence-corrected chi connectivity index (χ4v) is 4.74. The second-order valence-electron chi connectivity index (χ2n) is 3.39. The Morgan fingerprint density at radius 1 is 1.06 bits per heavy atom. The van der Waals surface area contributed by atoms with Gasteiger partial charge in [0.25, 0.3) is 0 Å². The zero-order valence-corrected chi connectivity index (χ0v) is 11.0. The molecule has 0 fully saturated rings. The van der Waals surface area contributed by atoms with Crippen molar-refractivity contribution in [3.05, 3.63) is 21.1 Å². The maximum atomic E-state index is 10.5. The fourth-order valence-electron chi connectivity index (χ4n) is 1.64. The van der Waals surface area contributed by atoms with Crippen LogP contribution in [0, 0.1) is 0 Å². The van der Waals surface area contributed by atoms with Gasteiger partial charge in [-0.25, -0.2) is 0 Å². The average Bonchev–Trinajstić information content (AvgIpc) is 2.61. The monoisotopic (exact) mass is 276 g/mol. The summed E-state index contributed by atoms with van der Waals surface area (Å²) in [4.78, 5) is 31.5. The summed E-state index contributed by atoms with van der Waals surface area (Å²) < 4.78 is 15.1. The van der Waals surface area contributed by atoms with Crippen LogP contribution < -0.4 is 0 Å². The van der Waals surface area contributed by atoms with Crippen molar-refractivity contribution in [1.29, 1.82) is 0 Å². The number of hydrogen-bond donors (Lipinski definition) is 0. The van der Waals surface area contributed by atoms with Crippen LogP contribution in [0.4, 0.5) is 0 Å². The Bertz CT molecular complexity index is 371. The van der Waals surface area contributed by atoms with Crippen LogP contribution in [0.15, 0.2) is 21.1 Å². The molecule has 0 bridgehead atoms. The summed E-state index contributed by atoms with van der Waals surface area (Å²) in [6.07, 6.45) is 2.34. The first-order chi connectivity index (χ1) is 8.11. The van der Waals surface area contributed by atoms with E-state index in [-0.39, 0.29) is 19.4 Å². The third-order valence-electron chi connectivity index (χ3n) is 2.64. The molecule has 0 radical (unpaired) electrons. The molecule has 17 heavy (non-hydrogen) atoms. The van der Waals surface area contributed by atoms with E-state index >= 15 is 0 Å². The predicted molar refractivity (Wildman–Crippen MR) is 52.5 cm³/mol. The van der Waals surface area contributed by atoms with Gasteiger partial charge >= 0.3 is 103 Å². The quantitative estimate of drug-likeness (QED) is 0.510. The molecule has 0 atom stereocenters. The minimum absolute atomic E-state index is 0.140. The second-order valence-corrected chi connectivity index (χ2v) is 7.18. The van der Waals surface area contributed by atoms with E-state index in [1.54, 1.807) is 6.92 Å². The molecule has 0 aromatic carbocycles. The zero-order valence-electron chi connectivity index (χ0n) is 9.47. The van der Waals surface area contributed by atoms with Gasteiger partial charge < -0.3 is 0 Å². The molecule has 0 heterocycles. The molecule has 0 aromatic heterocycles. The van der Waals surface area contributed by atoms with Crippen LogP contribution in [0.25, 0.3) is 0 Å². The molecule has 0 saturated heterocycles. The molecular formula is C10H12O6Ti. The molecule has 0 aliphatic heterocycles. The van der Waals surface area contributed by atoms with Crippen LogP contribution in [0.5, 0.6) is 0 Å². The summed E-state index contributed by atoms with van der Waals surface area (Å²) >= 11 is -4.32. The molecule has 6 nitrogen and oxygen atoms in total. The van der Waals surface area contributed by atoms with Crippen LogP contribution in [-0.4, -0.2) is 19.4 Å². The van der Waals surface area contributed by atoms with E-state index in [2.05, 4.69) is 0 Å². The molecule has 0 amide bonds. The van der Waals surface area contributed by atoms with Crippen LogP contribution in [-0.2, 0) is 42.1 Å². The molecule has 0 aromatic rings. The Morgan fingerprint density at radius 2 is 1.53 bits per heavy atom. The molecule has 7 heteroatoms. The summed E-state index contributed by atoms with van der Waals surface area (Å²) in [6.45, 7) is 4.09. The number of rotatable bonds is 7. The van der Waals surface area contributed by atoms with Crippen LogP contribution in [0.2, 0.25) is 0 Å². The van der Waals surface area contributed by atoms with Gasteiger partial charge in [0, 0.05) is 0 Å². The molecule has 1 rings (SSSR count). The Kier molecular flexibility index (Phi) is 4.66. The Labute approximate surface area is 103 Å². The number of carbonyl (C=O) groups excluding carboxylic acids is 3. The van der Waals surface area contributed by atoms with Gasteiger partial charge in [-0.2, -0.15) is 0 Å². The van der Waals surface area contributed by atoms with Crippen LogP contribution in [0.1, 0.15) is 20.3 Å². The van der Waals surface area contributed by atoms with Crippen LogP contribution in [0.3, 0.4) is 0 Å². The Hall–Kier alpha value is -1.40. The van der Waals surface area contributed by atoms with Gasteiger partial charge in [-0.1, -0.05) is 0 Å².